The van der Waals surface area contributed by atoms with Crippen LogP contribution >= 0.6 is 0 Å². The van der Waals surface area contributed by atoms with Crippen LogP contribution in [0.25, 0.3) is 0 Å². The molecule has 1 saturated carbocycles. The highest BCUT2D eigenvalue weighted by Gasteiger charge is 2.28. The molecule has 0 aromatic rings. The Bertz CT molecular complexity index is 202. The van der Waals surface area contributed by atoms with Crippen LogP contribution < -0.4 is 5.32 Å². The minimum absolute atomic E-state index is 0.120. The van der Waals surface area contributed by atoms with E-state index >= 15 is 0 Å². The van der Waals surface area contributed by atoms with Crippen molar-refractivity contribution in [1.29, 1.82) is 5.26 Å². The summed E-state index contributed by atoms with van der Waals surface area (Å²) in [5.74, 6) is -0.523. The average molecular weight is 166 g/mol. The monoisotopic (exact) mass is 166 g/mol. The highest BCUT2D eigenvalue weighted by molar-refractivity contribution is 5.83. The molecule has 2 atom stereocenters. The molecule has 2 fully saturated rings. The lowest BCUT2D eigenvalue weighted by Crippen LogP contribution is -2.23. The van der Waals surface area contributed by atoms with Crippen LogP contribution in [0.15, 0.2) is 0 Å². The van der Waals surface area contributed by atoms with Gasteiger partial charge in [0.2, 0.25) is 5.91 Å². The van der Waals surface area contributed by atoms with Crippen molar-refractivity contribution < 1.29 is 4.79 Å². The van der Waals surface area contributed by atoms with Gasteiger partial charge < -0.3 is 5.32 Å². The van der Waals surface area contributed by atoms with Crippen molar-refractivity contribution in [3.63, 3.8) is 0 Å². The fourth-order valence-corrected chi connectivity index (χ4v) is 0.974. The van der Waals surface area contributed by atoms with Gasteiger partial charge in [0, 0.05) is 6.04 Å². The molecule has 0 spiro atoms. The van der Waals surface area contributed by atoms with Gasteiger partial charge in [0.05, 0.1) is 6.07 Å². The second-order valence-corrected chi connectivity index (χ2v) is 3.39. The van der Waals surface area contributed by atoms with Crippen molar-refractivity contribution in [3.8, 4) is 6.07 Å². The number of nitrogens with one attached hydrogen (secondary N) is 1. The molecule has 1 aliphatic carbocycles. The van der Waals surface area contributed by atoms with E-state index in [1.54, 1.807) is 0 Å². The van der Waals surface area contributed by atoms with E-state index in [0.29, 0.717) is 6.42 Å². The topological polar surface area (TPSA) is 52.9 Å². The first-order chi connectivity index (χ1) is 5.74. The number of nitriles is 1. The van der Waals surface area contributed by atoms with Crippen molar-refractivity contribution in [2.24, 2.45) is 5.92 Å². The van der Waals surface area contributed by atoms with Crippen molar-refractivity contribution in [2.75, 3.05) is 0 Å². The molecular formula is C9H14N2O. The van der Waals surface area contributed by atoms with E-state index in [9.17, 15) is 4.79 Å². The summed E-state index contributed by atoms with van der Waals surface area (Å²) in [5, 5.41) is 11.0. The largest absolute Gasteiger partial charge is 0.352 e. The number of amides is 1. The second-order valence-electron chi connectivity index (χ2n) is 3.39. The Balaban J connectivity index is 0.000000200. The molecule has 0 aromatic carbocycles. The SMILES string of the molecule is C1CC1.CC1CC(C#N)C(=O)N1. The molecule has 12 heavy (non-hydrogen) atoms. The number of hydrogen-bond acceptors (Lipinski definition) is 2. The Morgan fingerprint density at radius 1 is 1.50 bits per heavy atom. The lowest BCUT2D eigenvalue weighted by Gasteiger charge is -1.95. The maximum Gasteiger partial charge on any atom is 0.237 e. The van der Waals surface area contributed by atoms with Crippen molar-refractivity contribution in [1.82, 2.24) is 5.32 Å². The fraction of sp³-hybridized carbons (Fsp3) is 0.778. The lowest BCUT2D eigenvalue weighted by molar-refractivity contribution is -0.121. The smallest absolute Gasteiger partial charge is 0.237 e. The van der Waals surface area contributed by atoms with Gasteiger partial charge >= 0.3 is 0 Å². The summed E-state index contributed by atoms with van der Waals surface area (Å²) in [6.45, 7) is 1.90. The Labute approximate surface area is 72.8 Å². The van der Waals surface area contributed by atoms with E-state index in [2.05, 4.69) is 5.32 Å². The lowest BCUT2D eigenvalue weighted by atomic mass is 10.1. The second kappa shape index (κ2) is 4.10. The zero-order valence-corrected chi connectivity index (χ0v) is 7.34. The molecule has 2 rings (SSSR count). The highest BCUT2D eigenvalue weighted by atomic mass is 16.2. The van der Waals surface area contributed by atoms with Crippen LogP contribution in [0, 0.1) is 17.2 Å². The molecule has 1 heterocycles. The standard InChI is InChI=1S/C6H8N2O.C3H6/c1-4-2-5(3-7)6(9)8-4;1-2-3-1/h4-5H,2H2,1H3,(H,8,9);1-3H2. The molecule has 1 aliphatic heterocycles. The molecule has 1 N–H and O–H groups in total. The highest BCUT2D eigenvalue weighted by Crippen LogP contribution is 2.15. The molecule has 3 nitrogen and oxygen atoms in total. The first-order valence-electron chi connectivity index (χ1n) is 4.44. The van der Waals surface area contributed by atoms with Crippen LogP contribution in [0.5, 0.6) is 0 Å². The van der Waals surface area contributed by atoms with E-state index < -0.39 is 5.92 Å². The first-order valence-corrected chi connectivity index (χ1v) is 4.44. The predicted molar refractivity (Wildman–Crippen MR) is 45.2 cm³/mol. The van der Waals surface area contributed by atoms with Crippen LogP contribution in [0.3, 0.4) is 0 Å². The summed E-state index contributed by atoms with van der Waals surface area (Å²) in [5.41, 5.74) is 0. The summed E-state index contributed by atoms with van der Waals surface area (Å²) >= 11 is 0. The van der Waals surface area contributed by atoms with Crippen LogP contribution in [-0.4, -0.2) is 11.9 Å². The normalized spacial score (nSPS) is 31.2. The van der Waals surface area contributed by atoms with Crippen LogP contribution in [-0.2, 0) is 4.79 Å². The Morgan fingerprint density at radius 2 is 2.08 bits per heavy atom. The van der Waals surface area contributed by atoms with Crippen LogP contribution in [0.1, 0.15) is 32.6 Å². The summed E-state index contributed by atoms with van der Waals surface area (Å²) in [6, 6.07) is 2.11. The minimum Gasteiger partial charge on any atom is -0.352 e. The summed E-state index contributed by atoms with van der Waals surface area (Å²) < 4.78 is 0. The van der Waals surface area contributed by atoms with E-state index in [0.717, 1.165) is 0 Å². The van der Waals surface area contributed by atoms with Crippen molar-refractivity contribution in [3.05, 3.63) is 0 Å². The average Bonchev–Trinajstić information content (AvgIpc) is 2.83. The van der Waals surface area contributed by atoms with Crippen LogP contribution in [0.2, 0.25) is 0 Å². The van der Waals surface area contributed by atoms with Gasteiger partial charge in [0.15, 0.2) is 0 Å². The Morgan fingerprint density at radius 3 is 2.25 bits per heavy atom. The number of carbonyl (C=O) groups excluding carboxylic acids is 1. The van der Waals surface area contributed by atoms with Crippen molar-refractivity contribution >= 4 is 5.91 Å². The maximum atomic E-state index is 10.7. The molecule has 66 valence electrons. The third-order valence-corrected chi connectivity index (χ3v) is 1.80. The van der Waals surface area contributed by atoms with E-state index in [-0.39, 0.29) is 11.9 Å². The van der Waals surface area contributed by atoms with Gasteiger partial charge in [-0.2, -0.15) is 5.26 Å². The van der Waals surface area contributed by atoms with Gasteiger partial charge in [-0.05, 0) is 13.3 Å². The van der Waals surface area contributed by atoms with Gasteiger partial charge in [0.25, 0.3) is 0 Å². The fourth-order valence-electron chi connectivity index (χ4n) is 0.974. The van der Waals surface area contributed by atoms with Gasteiger partial charge in [-0.3, -0.25) is 4.79 Å². The van der Waals surface area contributed by atoms with Gasteiger partial charge in [-0.1, -0.05) is 19.3 Å². The minimum atomic E-state index is -0.403. The van der Waals surface area contributed by atoms with E-state index in [1.807, 2.05) is 13.0 Å². The maximum absolute atomic E-state index is 10.7. The number of nitrogens with zero attached hydrogens (tertiary/aromatic N) is 1. The van der Waals surface area contributed by atoms with E-state index in [1.165, 1.54) is 19.3 Å². The van der Waals surface area contributed by atoms with Gasteiger partial charge in [-0.25, -0.2) is 0 Å². The Kier molecular flexibility index (Phi) is 3.09. The van der Waals surface area contributed by atoms with E-state index in [4.69, 9.17) is 5.26 Å². The molecular weight excluding hydrogens is 152 g/mol. The molecule has 1 amide bonds. The van der Waals surface area contributed by atoms with Gasteiger partial charge in [-0.15, -0.1) is 0 Å². The van der Waals surface area contributed by atoms with Crippen molar-refractivity contribution in [2.45, 2.75) is 38.6 Å². The zero-order chi connectivity index (χ0) is 8.97. The third-order valence-electron chi connectivity index (χ3n) is 1.80. The van der Waals surface area contributed by atoms with Gasteiger partial charge in [0.1, 0.15) is 5.92 Å². The number of hydrogen-bond donors (Lipinski definition) is 1. The van der Waals surface area contributed by atoms with Crippen LogP contribution in [0.4, 0.5) is 0 Å². The molecule has 2 unspecified atom stereocenters. The molecule has 0 radical (unpaired) electrons. The molecule has 3 heteroatoms. The molecule has 1 saturated heterocycles. The zero-order valence-electron chi connectivity index (χ0n) is 7.34. The quantitative estimate of drug-likeness (QED) is 0.588. The molecule has 2 aliphatic rings. The molecule has 0 aromatic heterocycles. The molecule has 0 bridgehead atoms. The first kappa shape index (κ1) is 9.05. The summed E-state index contributed by atoms with van der Waals surface area (Å²) in [4.78, 5) is 10.7. The Hall–Kier alpha value is -1.04. The number of rotatable bonds is 0. The predicted octanol–water partition coefficient (Wildman–Crippen LogP) is 1.20. The third kappa shape index (κ3) is 2.91. The summed E-state index contributed by atoms with van der Waals surface area (Å²) in [7, 11) is 0. The summed E-state index contributed by atoms with van der Waals surface area (Å²) in [6.07, 6.45) is 5.16. The number of carbonyl (C=O) groups is 1.